The largest absolute Gasteiger partial charge is 0.368 e. The molecule has 0 aliphatic carbocycles. The van der Waals surface area contributed by atoms with E-state index in [2.05, 4.69) is 5.32 Å². The highest BCUT2D eigenvalue weighted by Crippen LogP contribution is 2.16. The van der Waals surface area contributed by atoms with Crippen LogP contribution in [-0.4, -0.2) is 73.0 Å². The number of nitrogens with zero attached hydrogens (tertiary/aromatic N) is 2. The van der Waals surface area contributed by atoms with Crippen LogP contribution >= 0.6 is 0 Å². The number of amides is 3. The van der Waals surface area contributed by atoms with E-state index in [1.807, 2.05) is 6.07 Å². The second-order valence-electron chi connectivity index (χ2n) is 6.61. The summed E-state index contributed by atoms with van der Waals surface area (Å²) < 4.78 is 5.47. The van der Waals surface area contributed by atoms with Crippen LogP contribution in [0.5, 0.6) is 0 Å². The van der Waals surface area contributed by atoms with Gasteiger partial charge >= 0.3 is 0 Å². The lowest BCUT2D eigenvalue weighted by atomic mass is 10.2. The predicted molar refractivity (Wildman–Crippen MR) is 95.5 cm³/mol. The Balaban J connectivity index is 1.46. The number of hydrogen-bond acceptors (Lipinski definition) is 4. The molecule has 1 aromatic rings. The molecule has 7 nitrogen and oxygen atoms in total. The minimum Gasteiger partial charge on any atom is -0.368 e. The number of nitrogens with one attached hydrogen (secondary N) is 1. The maximum Gasteiger partial charge on any atom is 0.251 e. The van der Waals surface area contributed by atoms with E-state index in [4.69, 9.17) is 4.74 Å². The molecule has 0 spiro atoms. The summed E-state index contributed by atoms with van der Waals surface area (Å²) in [5.74, 6) is -0.348. The van der Waals surface area contributed by atoms with Crippen molar-refractivity contribution in [3.63, 3.8) is 0 Å². The molecule has 2 saturated heterocycles. The first-order valence-corrected chi connectivity index (χ1v) is 9.16. The molecule has 0 bridgehead atoms. The Kier molecular flexibility index (Phi) is 6.22. The van der Waals surface area contributed by atoms with Crippen LogP contribution in [0.4, 0.5) is 0 Å². The van der Waals surface area contributed by atoms with Crippen molar-refractivity contribution in [1.82, 2.24) is 15.1 Å². The van der Waals surface area contributed by atoms with E-state index >= 15 is 0 Å². The van der Waals surface area contributed by atoms with Gasteiger partial charge in [0.25, 0.3) is 11.8 Å². The second-order valence-corrected chi connectivity index (χ2v) is 6.61. The van der Waals surface area contributed by atoms with Crippen LogP contribution in [0.2, 0.25) is 0 Å². The highest BCUT2D eigenvalue weighted by atomic mass is 16.5. The highest BCUT2D eigenvalue weighted by Gasteiger charge is 2.30. The van der Waals surface area contributed by atoms with Crippen molar-refractivity contribution in [3.05, 3.63) is 35.9 Å². The molecular weight excluding hydrogens is 334 g/mol. The molecule has 7 heteroatoms. The smallest absolute Gasteiger partial charge is 0.251 e. The van der Waals surface area contributed by atoms with E-state index in [-0.39, 0.29) is 30.4 Å². The van der Waals surface area contributed by atoms with E-state index in [0.29, 0.717) is 38.3 Å². The van der Waals surface area contributed by atoms with Gasteiger partial charge in [0.1, 0.15) is 6.10 Å². The Morgan fingerprint density at radius 1 is 1.00 bits per heavy atom. The Bertz CT molecular complexity index is 643. The Morgan fingerprint density at radius 2 is 1.73 bits per heavy atom. The van der Waals surface area contributed by atoms with Crippen LogP contribution in [0.3, 0.4) is 0 Å². The molecule has 2 heterocycles. The SMILES string of the molecule is O=C(NCC(=O)N1CCCN(C(=O)C2CCCO2)CC1)c1ccccc1. The van der Waals surface area contributed by atoms with Gasteiger partial charge in [-0.3, -0.25) is 14.4 Å². The van der Waals surface area contributed by atoms with Gasteiger partial charge in [-0.25, -0.2) is 0 Å². The van der Waals surface area contributed by atoms with Crippen LogP contribution < -0.4 is 5.32 Å². The van der Waals surface area contributed by atoms with Crippen molar-refractivity contribution >= 4 is 17.7 Å². The predicted octanol–water partition coefficient (Wildman–Crippen LogP) is 0.656. The van der Waals surface area contributed by atoms with E-state index in [1.54, 1.807) is 34.1 Å². The van der Waals surface area contributed by atoms with Crippen molar-refractivity contribution in [1.29, 1.82) is 0 Å². The Labute approximate surface area is 153 Å². The molecule has 2 aliphatic rings. The number of benzene rings is 1. The third-order valence-electron chi connectivity index (χ3n) is 4.80. The summed E-state index contributed by atoms with van der Waals surface area (Å²) in [5.41, 5.74) is 0.532. The van der Waals surface area contributed by atoms with Gasteiger partial charge < -0.3 is 19.9 Å². The number of carbonyl (C=O) groups is 3. The standard InChI is InChI=1S/C19H25N3O4/c23-17(14-20-18(24)15-6-2-1-3-7-15)21-9-5-10-22(12-11-21)19(25)16-8-4-13-26-16/h1-3,6-7,16H,4-5,8-14H2,(H,20,24). The third-order valence-corrected chi connectivity index (χ3v) is 4.80. The van der Waals surface area contributed by atoms with Crippen molar-refractivity contribution in [2.75, 3.05) is 39.3 Å². The van der Waals surface area contributed by atoms with Gasteiger partial charge in [-0.2, -0.15) is 0 Å². The zero-order valence-corrected chi connectivity index (χ0v) is 14.9. The molecule has 0 radical (unpaired) electrons. The summed E-state index contributed by atoms with van der Waals surface area (Å²) in [6.45, 7) is 2.84. The molecule has 1 N–H and O–H groups in total. The molecule has 1 atom stereocenters. The van der Waals surface area contributed by atoms with Gasteiger partial charge in [0, 0.05) is 38.3 Å². The Morgan fingerprint density at radius 3 is 2.46 bits per heavy atom. The maximum absolute atomic E-state index is 12.4. The summed E-state index contributed by atoms with van der Waals surface area (Å²) in [4.78, 5) is 40.4. The van der Waals surface area contributed by atoms with Crippen LogP contribution in [0.15, 0.2) is 30.3 Å². The summed E-state index contributed by atoms with van der Waals surface area (Å²) in [7, 11) is 0. The zero-order valence-electron chi connectivity index (χ0n) is 14.9. The summed E-state index contributed by atoms with van der Waals surface area (Å²) >= 11 is 0. The molecule has 2 fully saturated rings. The van der Waals surface area contributed by atoms with Gasteiger partial charge in [0.2, 0.25) is 5.91 Å². The van der Waals surface area contributed by atoms with E-state index in [0.717, 1.165) is 19.3 Å². The third kappa shape index (κ3) is 4.60. The minimum absolute atomic E-state index is 0.0343. The van der Waals surface area contributed by atoms with Gasteiger partial charge in [-0.15, -0.1) is 0 Å². The van der Waals surface area contributed by atoms with E-state index in [1.165, 1.54) is 0 Å². The fourth-order valence-corrected chi connectivity index (χ4v) is 3.32. The van der Waals surface area contributed by atoms with Crippen LogP contribution in [0.1, 0.15) is 29.6 Å². The number of rotatable bonds is 4. The van der Waals surface area contributed by atoms with Gasteiger partial charge in [-0.1, -0.05) is 18.2 Å². The number of ether oxygens (including phenoxy) is 1. The lowest BCUT2D eigenvalue weighted by molar-refractivity contribution is -0.141. The molecule has 140 valence electrons. The summed E-state index contributed by atoms with van der Waals surface area (Å²) in [6, 6.07) is 8.82. The minimum atomic E-state index is -0.317. The first kappa shape index (κ1) is 18.4. The van der Waals surface area contributed by atoms with Crippen molar-refractivity contribution in [2.24, 2.45) is 0 Å². The average Bonchev–Trinajstić information content (AvgIpc) is 3.10. The summed E-state index contributed by atoms with van der Waals surface area (Å²) in [6.07, 6.45) is 2.12. The van der Waals surface area contributed by atoms with E-state index in [9.17, 15) is 14.4 Å². The normalized spacial score (nSPS) is 20.5. The maximum atomic E-state index is 12.4. The molecular formula is C19H25N3O4. The first-order valence-electron chi connectivity index (χ1n) is 9.16. The lowest BCUT2D eigenvalue weighted by Gasteiger charge is -2.24. The van der Waals surface area contributed by atoms with Crippen LogP contribution in [-0.2, 0) is 14.3 Å². The molecule has 3 amide bonds. The van der Waals surface area contributed by atoms with Crippen molar-refractivity contribution in [3.8, 4) is 0 Å². The molecule has 3 rings (SSSR count). The van der Waals surface area contributed by atoms with Gasteiger partial charge in [0.15, 0.2) is 0 Å². The topological polar surface area (TPSA) is 79.0 Å². The highest BCUT2D eigenvalue weighted by molar-refractivity contribution is 5.96. The molecule has 2 aliphatic heterocycles. The number of hydrogen-bond donors (Lipinski definition) is 1. The second kappa shape index (κ2) is 8.80. The van der Waals surface area contributed by atoms with Gasteiger partial charge in [-0.05, 0) is 31.4 Å². The zero-order chi connectivity index (χ0) is 18.4. The summed E-state index contributed by atoms with van der Waals surface area (Å²) in [5, 5.41) is 2.66. The lowest BCUT2D eigenvalue weighted by Crippen LogP contribution is -2.44. The molecule has 0 aromatic heterocycles. The Hall–Kier alpha value is -2.41. The van der Waals surface area contributed by atoms with Crippen molar-refractivity contribution < 1.29 is 19.1 Å². The van der Waals surface area contributed by atoms with Gasteiger partial charge in [0.05, 0.1) is 6.54 Å². The van der Waals surface area contributed by atoms with Crippen molar-refractivity contribution in [2.45, 2.75) is 25.4 Å². The fraction of sp³-hybridized carbons (Fsp3) is 0.526. The van der Waals surface area contributed by atoms with Crippen LogP contribution in [0, 0.1) is 0 Å². The molecule has 1 unspecified atom stereocenters. The first-order chi connectivity index (χ1) is 12.6. The fourth-order valence-electron chi connectivity index (χ4n) is 3.32. The average molecular weight is 359 g/mol. The quantitative estimate of drug-likeness (QED) is 0.856. The molecule has 0 saturated carbocycles. The van der Waals surface area contributed by atoms with Crippen LogP contribution in [0.25, 0.3) is 0 Å². The monoisotopic (exact) mass is 359 g/mol. The molecule has 1 aromatic carbocycles. The van der Waals surface area contributed by atoms with E-state index < -0.39 is 0 Å². The number of carbonyl (C=O) groups excluding carboxylic acids is 3. The molecule has 26 heavy (non-hydrogen) atoms.